The van der Waals surface area contributed by atoms with E-state index in [0.717, 1.165) is 0 Å². The molecule has 1 N–H and O–H groups in total. The topological polar surface area (TPSA) is 85.2 Å². The number of rotatable bonds is 2. The average molecular weight is 243 g/mol. The number of aromatic nitrogens is 5. The van der Waals surface area contributed by atoms with Gasteiger partial charge in [-0.3, -0.25) is 4.79 Å². The number of fused-ring (bicyclic) bond motifs is 1. The van der Waals surface area contributed by atoms with Crippen LogP contribution in [0.4, 0.5) is 0 Å². The Morgan fingerprint density at radius 2 is 2.28 bits per heavy atom. The number of hydrogen-bond acceptors (Lipinski definition) is 5. The summed E-state index contributed by atoms with van der Waals surface area (Å²) in [5.74, 6) is 0.432. The summed E-state index contributed by atoms with van der Waals surface area (Å²) in [6.07, 6.45) is 4.63. The number of nitrogens with one attached hydrogen (secondary N) is 1. The van der Waals surface area contributed by atoms with E-state index in [0.29, 0.717) is 22.8 Å². The fourth-order valence-electron chi connectivity index (χ4n) is 1.67. The zero-order valence-electron chi connectivity index (χ0n) is 9.49. The molecule has 0 saturated carbocycles. The molecule has 0 aliphatic carbocycles. The van der Waals surface area contributed by atoms with Crippen molar-refractivity contribution in [1.29, 1.82) is 0 Å². The van der Waals surface area contributed by atoms with E-state index in [2.05, 4.69) is 20.1 Å². The number of methoxy groups -OCH3 is 1. The second-order valence-corrected chi connectivity index (χ2v) is 3.60. The van der Waals surface area contributed by atoms with Gasteiger partial charge in [0.15, 0.2) is 0 Å². The number of nitrogens with zero attached hydrogens (tertiary/aromatic N) is 4. The van der Waals surface area contributed by atoms with Crippen LogP contribution in [0.25, 0.3) is 16.9 Å². The molecule has 0 radical (unpaired) electrons. The minimum absolute atomic E-state index is 0.220. The third kappa shape index (κ3) is 1.61. The molecule has 0 saturated heterocycles. The van der Waals surface area contributed by atoms with Crippen molar-refractivity contribution in [2.24, 2.45) is 0 Å². The molecular formula is C11H9N5O2. The molecule has 0 bridgehead atoms. The van der Waals surface area contributed by atoms with E-state index in [1.165, 1.54) is 18.0 Å². The van der Waals surface area contributed by atoms with Gasteiger partial charge in [-0.05, 0) is 6.07 Å². The van der Waals surface area contributed by atoms with Gasteiger partial charge in [-0.2, -0.15) is 5.10 Å². The molecule has 0 fully saturated rings. The predicted molar refractivity (Wildman–Crippen MR) is 63.4 cm³/mol. The Morgan fingerprint density at radius 3 is 3.11 bits per heavy atom. The van der Waals surface area contributed by atoms with Gasteiger partial charge in [0.1, 0.15) is 11.8 Å². The quantitative estimate of drug-likeness (QED) is 0.707. The molecule has 18 heavy (non-hydrogen) atoms. The average Bonchev–Trinajstić information content (AvgIpc) is 2.87. The highest BCUT2D eigenvalue weighted by Gasteiger charge is 2.07. The van der Waals surface area contributed by atoms with Crippen molar-refractivity contribution in [3.8, 4) is 17.3 Å². The van der Waals surface area contributed by atoms with Gasteiger partial charge in [-0.15, -0.1) is 0 Å². The zero-order chi connectivity index (χ0) is 12.5. The lowest BCUT2D eigenvalue weighted by atomic mass is 10.3. The highest BCUT2D eigenvalue weighted by Crippen LogP contribution is 2.16. The lowest BCUT2D eigenvalue weighted by molar-refractivity contribution is 0.397. The van der Waals surface area contributed by atoms with E-state index in [9.17, 15) is 4.79 Å². The second-order valence-electron chi connectivity index (χ2n) is 3.60. The minimum Gasteiger partial charge on any atom is -0.481 e. The first kappa shape index (κ1) is 10.5. The van der Waals surface area contributed by atoms with Crippen LogP contribution in [-0.2, 0) is 0 Å². The lowest BCUT2D eigenvalue weighted by Crippen LogP contribution is -2.11. The minimum atomic E-state index is -0.220. The molecule has 0 aliphatic rings. The summed E-state index contributed by atoms with van der Waals surface area (Å²) < 4.78 is 6.52. The largest absolute Gasteiger partial charge is 0.481 e. The summed E-state index contributed by atoms with van der Waals surface area (Å²) in [5, 5.41) is 4.03. The van der Waals surface area contributed by atoms with E-state index in [-0.39, 0.29) is 5.56 Å². The highest BCUT2D eigenvalue weighted by atomic mass is 16.5. The van der Waals surface area contributed by atoms with E-state index in [1.54, 1.807) is 24.5 Å². The van der Waals surface area contributed by atoms with Gasteiger partial charge in [-0.1, -0.05) is 0 Å². The smallest absolute Gasteiger partial charge is 0.274 e. The van der Waals surface area contributed by atoms with E-state index in [4.69, 9.17) is 4.74 Å². The van der Waals surface area contributed by atoms with Gasteiger partial charge in [0.05, 0.1) is 30.9 Å². The number of H-pyrrole nitrogens is 1. The molecule has 0 aliphatic heterocycles. The maximum atomic E-state index is 11.8. The van der Waals surface area contributed by atoms with Crippen LogP contribution in [0.5, 0.6) is 5.88 Å². The zero-order valence-corrected chi connectivity index (χ0v) is 9.49. The van der Waals surface area contributed by atoms with E-state index < -0.39 is 0 Å². The fraction of sp³-hybridized carbons (Fsp3) is 0.0909. The predicted octanol–water partition coefficient (Wildman–Crippen LogP) is 0.488. The number of aromatic amines is 1. The second kappa shape index (κ2) is 3.95. The first-order chi connectivity index (χ1) is 8.78. The fourth-order valence-corrected chi connectivity index (χ4v) is 1.67. The van der Waals surface area contributed by atoms with E-state index >= 15 is 0 Å². The molecule has 0 amide bonds. The van der Waals surface area contributed by atoms with Crippen LogP contribution in [0.1, 0.15) is 0 Å². The Bertz CT molecular complexity index is 761. The van der Waals surface area contributed by atoms with Crippen molar-refractivity contribution in [2.75, 3.05) is 7.11 Å². The molecular weight excluding hydrogens is 234 g/mol. The number of hydrogen-bond donors (Lipinski definition) is 1. The third-order valence-electron chi connectivity index (χ3n) is 2.53. The molecule has 3 heterocycles. The van der Waals surface area contributed by atoms with Gasteiger partial charge in [0.2, 0.25) is 5.88 Å². The molecule has 90 valence electrons. The van der Waals surface area contributed by atoms with Crippen molar-refractivity contribution in [2.45, 2.75) is 0 Å². The Morgan fingerprint density at radius 1 is 1.39 bits per heavy atom. The molecule has 7 nitrogen and oxygen atoms in total. The Labute approximate surface area is 101 Å². The van der Waals surface area contributed by atoms with Crippen LogP contribution >= 0.6 is 0 Å². The van der Waals surface area contributed by atoms with Crippen LogP contribution < -0.4 is 10.3 Å². The van der Waals surface area contributed by atoms with Crippen molar-refractivity contribution >= 4 is 5.52 Å². The molecule has 0 aromatic carbocycles. The van der Waals surface area contributed by atoms with Gasteiger partial charge in [0, 0.05) is 6.07 Å². The van der Waals surface area contributed by atoms with Gasteiger partial charge < -0.3 is 9.72 Å². The standard InChI is InChI=1S/C11H9N5O2/c1-18-10-4-7(12-6-13-10)8-5-16-9(2-3-14-16)11(17)15-8/h2-6H,1H3,(H,15,17). The van der Waals surface area contributed by atoms with Crippen LogP contribution in [0.2, 0.25) is 0 Å². The molecule has 0 unspecified atom stereocenters. The normalized spacial score (nSPS) is 10.7. The lowest BCUT2D eigenvalue weighted by Gasteiger charge is -2.03. The highest BCUT2D eigenvalue weighted by molar-refractivity contribution is 5.56. The van der Waals surface area contributed by atoms with Gasteiger partial charge in [-0.25, -0.2) is 14.5 Å². The summed E-state index contributed by atoms with van der Waals surface area (Å²) in [5.41, 5.74) is 1.38. The summed E-state index contributed by atoms with van der Waals surface area (Å²) in [6.45, 7) is 0. The van der Waals surface area contributed by atoms with Crippen LogP contribution in [-0.4, -0.2) is 31.7 Å². The monoisotopic (exact) mass is 243 g/mol. The Hall–Kier alpha value is -2.70. The van der Waals surface area contributed by atoms with Crippen LogP contribution in [0, 0.1) is 0 Å². The van der Waals surface area contributed by atoms with Gasteiger partial charge in [0.25, 0.3) is 5.56 Å². The van der Waals surface area contributed by atoms with Crippen molar-refractivity contribution in [3.05, 3.63) is 41.2 Å². The summed E-state index contributed by atoms with van der Waals surface area (Å²) in [6, 6.07) is 3.28. The summed E-state index contributed by atoms with van der Waals surface area (Å²) in [7, 11) is 1.52. The Kier molecular flexibility index (Phi) is 2.30. The van der Waals surface area contributed by atoms with Gasteiger partial charge >= 0.3 is 0 Å². The SMILES string of the molecule is COc1cc(-c2cn3nccc3c(=O)[nH]2)ncn1. The summed E-state index contributed by atoms with van der Waals surface area (Å²) in [4.78, 5) is 22.5. The third-order valence-corrected chi connectivity index (χ3v) is 2.53. The van der Waals surface area contributed by atoms with Crippen LogP contribution in [0.3, 0.4) is 0 Å². The summed E-state index contributed by atoms with van der Waals surface area (Å²) >= 11 is 0. The van der Waals surface area contributed by atoms with E-state index in [1.807, 2.05) is 0 Å². The van der Waals surface area contributed by atoms with Crippen LogP contribution in [0.15, 0.2) is 35.6 Å². The maximum absolute atomic E-state index is 11.8. The molecule has 3 aromatic rings. The molecule has 0 spiro atoms. The molecule has 7 heteroatoms. The van der Waals surface area contributed by atoms with Crippen molar-refractivity contribution in [3.63, 3.8) is 0 Å². The first-order valence-corrected chi connectivity index (χ1v) is 5.21. The van der Waals surface area contributed by atoms with Crippen molar-refractivity contribution in [1.82, 2.24) is 24.6 Å². The van der Waals surface area contributed by atoms with Crippen molar-refractivity contribution < 1.29 is 4.74 Å². The number of ether oxygens (including phenoxy) is 1. The molecule has 3 aromatic heterocycles. The first-order valence-electron chi connectivity index (χ1n) is 5.21. The maximum Gasteiger partial charge on any atom is 0.274 e. The Balaban J connectivity index is 2.21. The molecule has 3 rings (SSSR count). The molecule has 0 atom stereocenters.